The lowest BCUT2D eigenvalue weighted by molar-refractivity contribution is 0.414. The molecular weight excluding hydrogens is 351 g/mol. The number of hydrogen-bond acceptors (Lipinski definition) is 2. The molecule has 0 spiro atoms. The summed E-state index contributed by atoms with van der Waals surface area (Å²) in [4.78, 5) is 0. The number of thiocarbonyl (C=S) groups is 1. The fourth-order valence-electron chi connectivity index (χ4n) is 2.10. The highest BCUT2D eigenvalue weighted by atomic mass is 35.5. The predicted octanol–water partition coefficient (Wildman–Crippen LogP) is 4.73. The Hall–Kier alpha value is -1.49. The molecule has 0 heterocycles. The van der Waals surface area contributed by atoms with Crippen LogP contribution in [0.4, 0.5) is 0 Å². The molecule has 0 saturated carbocycles. The summed E-state index contributed by atoms with van der Waals surface area (Å²) in [5.74, 6) is 0.834. The Labute approximate surface area is 151 Å². The number of methoxy groups -OCH3 is 1. The molecule has 1 atom stereocenters. The van der Waals surface area contributed by atoms with Gasteiger partial charge in [0.2, 0.25) is 0 Å². The first-order valence-corrected chi connectivity index (χ1v) is 8.28. The second kappa shape index (κ2) is 8.39. The van der Waals surface area contributed by atoms with Gasteiger partial charge in [0.25, 0.3) is 0 Å². The van der Waals surface area contributed by atoms with Gasteiger partial charge in [-0.25, -0.2) is 0 Å². The van der Waals surface area contributed by atoms with Crippen LogP contribution >= 0.6 is 35.4 Å². The van der Waals surface area contributed by atoms with Gasteiger partial charge in [-0.2, -0.15) is 0 Å². The van der Waals surface area contributed by atoms with Crippen molar-refractivity contribution in [1.29, 1.82) is 0 Å². The van der Waals surface area contributed by atoms with E-state index < -0.39 is 0 Å². The van der Waals surface area contributed by atoms with Crippen LogP contribution in [0.15, 0.2) is 42.5 Å². The van der Waals surface area contributed by atoms with Crippen molar-refractivity contribution in [3.05, 3.63) is 63.6 Å². The zero-order valence-electron chi connectivity index (χ0n) is 12.9. The molecule has 122 valence electrons. The van der Waals surface area contributed by atoms with Gasteiger partial charge in [0, 0.05) is 16.6 Å². The molecule has 0 aromatic heterocycles. The molecule has 2 N–H and O–H groups in total. The average Bonchev–Trinajstić information content (AvgIpc) is 2.53. The number of rotatable bonds is 5. The quantitative estimate of drug-likeness (QED) is 0.747. The highest BCUT2D eigenvalue weighted by Gasteiger charge is 2.11. The van der Waals surface area contributed by atoms with Gasteiger partial charge in [-0.05, 0) is 54.5 Å². The zero-order chi connectivity index (χ0) is 16.8. The molecule has 0 bridgehead atoms. The number of hydrogen-bond donors (Lipinski definition) is 2. The third kappa shape index (κ3) is 5.27. The van der Waals surface area contributed by atoms with Gasteiger partial charge < -0.3 is 15.4 Å². The minimum absolute atomic E-state index is 0.0179. The summed E-state index contributed by atoms with van der Waals surface area (Å²) in [5, 5.41) is 8.20. The van der Waals surface area contributed by atoms with Crippen LogP contribution in [0, 0.1) is 0 Å². The Balaban J connectivity index is 1.88. The van der Waals surface area contributed by atoms with Crippen molar-refractivity contribution < 1.29 is 4.74 Å². The fraction of sp³-hybridized carbons (Fsp3) is 0.235. The minimum atomic E-state index is -0.0179. The minimum Gasteiger partial charge on any atom is -0.497 e. The van der Waals surface area contributed by atoms with Crippen molar-refractivity contribution in [3.63, 3.8) is 0 Å². The number of benzene rings is 2. The van der Waals surface area contributed by atoms with Crippen LogP contribution in [-0.4, -0.2) is 12.2 Å². The third-order valence-electron chi connectivity index (χ3n) is 3.39. The van der Waals surface area contributed by atoms with Gasteiger partial charge in [0.1, 0.15) is 5.75 Å². The molecule has 2 aromatic carbocycles. The Morgan fingerprint density at radius 3 is 2.48 bits per heavy atom. The molecule has 23 heavy (non-hydrogen) atoms. The smallest absolute Gasteiger partial charge is 0.167 e. The molecule has 2 rings (SSSR count). The first-order valence-electron chi connectivity index (χ1n) is 7.12. The molecule has 0 unspecified atom stereocenters. The normalized spacial score (nSPS) is 11.7. The topological polar surface area (TPSA) is 33.3 Å². The van der Waals surface area contributed by atoms with Gasteiger partial charge in [-0.3, -0.25) is 0 Å². The summed E-state index contributed by atoms with van der Waals surface area (Å²) in [6.45, 7) is 2.63. The Morgan fingerprint density at radius 1 is 1.17 bits per heavy atom. The van der Waals surface area contributed by atoms with Crippen LogP contribution in [0.2, 0.25) is 10.0 Å². The van der Waals surface area contributed by atoms with Crippen LogP contribution in [0.5, 0.6) is 5.75 Å². The molecule has 0 fully saturated rings. The molecule has 2 aromatic rings. The van der Waals surface area contributed by atoms with E-state index in [1.807, 2.05) is 43.3 Å². The maximum absolute atomic E-state index is 6.21. The molecule has 0 saturated heterocycles. The van der Waals surface area contributed by atoms with Crippen molar-refractivity contribution in [2.75, 3.05) is 7.11 Å². The van der Waals surface area contributed by atoms with Crippen LogP contribution in [0.1, 0.15) is 24.1 Å². The number of halogens is 2. The van der Waals surface area contributed by atoms with E-state index in [-0.39, 0.29) is 6.04 Å². The molecular formula is C17H18Cl2N2OS. The van der Waals surface area contributed by atoms with E-state index in [9.17, 15) is 0 Å². The van der Waals surface area contributed by atoms with Gasteiger partial charge in [0.15, 0.2) is 5.11 Å². The highest BCUT2D eigenvalue weighted by Crippen LogP contribution is 2.26. The lowest BCUT2D eigenvalue weighted by atomic mass is 10.1. The Bertz CT molecular complexity index is 677. The van der Waals surface area contributed by atoms with Crippen molar-refractivity contribution in [2.45, 2.75) is 19.5 Å². The van der Waals surface area contributed by atoms with E-state index in [0.29, 0.717) is 21.7 Å². The number of nitrogens with one attached hydrogen (secondary N) is 2. The Kier molecular flexibility index (Phi) is 6.51. The van der Waals surface area contributed by atoms with Gasteiger partial charge >= 0.3 is 0 Å². The Morgan fingerprint density at radius 2 is 1.87 bits per heavy atom. The van der Waals surface area contributed by atoms with Crippen LogP contribution in [0.25, 0.3) is 0 Å². The summed E-state index contributed by atoms with van der Waals surface area (Å²) >= 11 is 17.5. The van der Waals surface area contributed by atoms with E-state index in [0.717, 1.165) is 16.9 Å². The summed E-state index contributed by atoms with van der Waals surface area (Å²) in [6.07, 6.45) is 0. The summed E-state index contributed by atoms with van der Waals surface area (Å²) in [5.41, 5.74) is 2.07. The highest BCUT2D eigenvalue weighted by molar-refractivity contribution is 7.80. The van der Waals surface area contributed by atoms with Crippen molar-refractivity contribution in [3.8, 4) is 5.75 Å². The molecule has 0 aliphatic carbocycles. The van der Waals surface area contributed by atoms with Crippen LogP contribution in [-0.2, 0) is 6.54 Å². The summed E-state index contributed by atoms with van der Waals surface area (Å²) in [6, 6.07) is 13.2. The zero-order valence-corrected chi connectivity index (χ0v) is 15.2. The second-order valence-electron chi connectivity index (χ2n) is 5.06. The summed E-state index contributed by atoms with van der Waals surface area (Å²) in [7, 11) is 1.65. The van der Waals surface area contributed by atoms with Gasteiger partial charge in [-0.15, -0.1) is 0 Å². The average molecular weight is 369 g/mol. The van der Waals surface area contributed by atoms with Crippen LogP contribution < -0.4 is 15.4 Å². The molecule has 0 radical (unpaired) electrons. The molecule has 3 nitrogen and oxygen atoms in total. The molecule has 0 aliphatic heterocycles. The lowest BCUT2D eigenvalue weighted by Crippen LogP contribution is -2.36. The van der Waals surface area contributed by atoms with E-state index in [2.05, 4.69) is 10.6 Å². The van der Waals surface area contributed by atoms with E-state index in [1.165, 1.54) is 0 Å². The number of ether oxygens (including phenoxy) is 1. The fourth-order valence-corrected chi connectivity index (χ4v) is 2.92. The maximum atomic E-state index is 6.21. The van der Waals surface area contributed by atoms with E-state index >= 15 is 0 Å². The molecule has 0 amide bonds. The van der Waals surface area contributed by atoms with Crippen molar-refractivity contribution >= 4 is 40.5 Å². The first-order chi connectivity index (χ1) is 11.0. The monoisotopic (exact) mass is 368 g/mol. The lowest BCUT2D eigenvalue weighted by Gasteiger charge is -2.18. The molecule has 6 heteroatoms. The van der Waals surface area contributed by atoms with Crippen LogP contribution in [0.3, 0.4) is 0 Å². The molecule has 0 aliphatic rings. The standard InChI is InChI=1S/C17H18Cl2N2OS/c1-11(15-8-5-13(18)9-16(15)19)21-17(23)20-10-12-3-6-14(22-2)7-4-12/h3-9,11H,10H2,1-2H3,(H2,20,21,23)/t11-/m0/s1. The van der Waals surface area contributed by atoms with Gasteiger partial charge in [-0.1, -0.05) is 41.4 Å². The second-order valence-corrected chi connectivity index (χ2v) is 6.31. The SMILES string of the molecule is COc1ccc(CNC(=S)N[C@@H](C)c2ccc(Cl)cc2Cl)cc1. The van der Waals surface area contributed by atoms with E-state index in [4.69, 9.17) is 40.2 Å². The van der Waals surface area contributed by atoms with Crippen molar-refractivity contribution in [1.82, 2.24) is 10.6 Å². The van der Waals surface area contributed by atoms with Crippen molar-refractivity contribution in [2.24, 2.45) is 0 Å². The predicted molar refractivity (Wildman–Crippen MR) is 100 cm³/mol. The van der Waals surface area contributed by atoms with Gasteiger partial charge in [0.05, 0.1) is 13.2 Å². The third-order valence-corrected chi connectivity index (χ3v) is 4.21. The largest absolute Gasteiger partial charge is 0.497 e. The summed E-state index contributed by atoms with van der Waals surface area (Å²) < 4.78 is 5.14. The first kappa shape index (κ1) is 17.9. The maximum Gasteiger partial charge on any atom is 0.167 e. The van der Waals surface area contributed by atoms with E-state index in [1.54, 1.807) is 13.2 Å².